The molecule has 0 N–H and O–H groups in total. The summed E-state index contributed by atoms with van der Waals surface area (Å²) in [6, 6.07) is 22.5. The molecule has 1 spiro atoms. The molecule has 42 heavy (non-hydrogen) atoms. The van der Waals surface area contributed by atoms with Gasteiger partial charge >= 0.3 is 0 Å². The summed E-state index contributed by atoms with van der Waals surface area (Å²) in [7, 11) is 0. The number of halogens is 2. The van der Waals surface area contributed by atoms with Crippen LogP contribution in [0.1, 0.15) is 33.1 Å². The monoisotopic (exact) mass is 620 g/mol. The first-order valence-electron chi connectivity index (χ1n) is 14.5. The molecule has 2 aliphatic rings. The number of amides is 1. The number of hydrogen-bond acceptors (Lipinski definition) is 5. The predicted molar refractivity (Wildman–Crippen MR) is 173 cm³/mol. The summed E-state index contributed by atoms with van der Waals surface area (Å²) in [6.45, 7) is 7.54. The van der Waals surface area contributed by atoms with Crippen LogP contribution < -0.4 is 10.5 Å². The molecular weight excluding hydrogens is 587 g/mol. The molecular formula is C33H34Cl2N4O2S. The van der Waals surface area contributed by atoms with E-state index in [2.05, 4.69) is 24.8 Å². The Morgan fingerprint density at radius 3 is 2.52 bits per heavy atom. The van der Waals surface area contributed by atoms with Crippen LogP contribution in [0.3, 0.4) is 0 Å². The SMILES string of the molecule is CC(C)CC(Sc1nc2ccccc2c(=O)n1-c1cccc(Cl)c1)C(=O)N1CCC2(CCN(c3ccccc3Cl)C2)C1. The molecule has 0 bridgehead atoms. The van der Waals surface area contributed by atoms with Crippen LogP contribution in [-0.2, 0) is 4.79 Å². The predicted octanol–water partition coefficient (Wildman–Crippen LogP) is 7.33. The minimum Gasteiger partial charge on any atom is -0.370 e. The molecule has 2 fully saturated rings. The number of likely N-dealkylation sites (tertiary alicyclic amines) is 1. The van der Waals surface area contributed by atoms with E-state index in [1.54, 1.807) is 22.8 Å². The molecule has 0 radical (unpaired) electrons. The zero-order chi connectivity index (χ0) is 29.4. The van der Waals surface area contributed by atoms with Crippen molar-refractivity contribution in [3.8, 4) is 5.69 Å². The van der Waals surface area contributed by atoms with E-state index in [9.17, 15) is 9.59 Å². The molecule has 3 heterocycles. The maximum Gasteiger partial charge on any atom is 0.266 e. The van der Waals surface area contributed by atoms with Crippen LogP contribution in [0.4, 0.5) is 5.69 Å². The Labute approximate surface area is 260 Å². The molecule has 9 heteroatoms. The number of thioether (sulfide) groups is 1. The van der Waals surface area contributed by atoms with Gasteiger partial charge in [-0.25, -0.2) is 4.98 Å². The van der Waals surface area contributed by atoms with E-state index >= 15 is 0 Å². The molecule has 1 aromatic heterocycles. The average Bonchev–Trinajstić information content (AvgIpc) is 3.59. The van der Waals surface area contributed by atoms with E-state index in [4.69, 9.17) is 28.2 Å². The van der Waals surface area contributed by atoms with Gasteiger partial charge in [0.05, 0.1) is 32.6 Å². The van der Waals surface area contributed by atoms with Gasteiger partial charge in [0.25, 0.3) is 5.56 Å². The molecule has 3 aromatic carbocycles. The first kappa shape index (κ1) is 29.1. The van der Waals surface area contributed by atoms with E-state index in [-0.39, 0.29) is 28.0 Å². The molecule has 6 nitrogen and oxygen atoms in total. The summed E-state index contributed by atoms with van der Waals surface area (Å²) in [5, 5.41) is 1.95. The van der Waals surface area contributed by atoms with Crippen LogP contribution in [0.5, 0.6) is 0 Å². The number of carbonyl (C=O) groups excluding carboxylic acids is 1. The highest BCUT2D eigenvalue weighted by atomic mass is 35.5. The van der Waals surface area contributed by atoms with Gasteiger partial charge in [0.15, 0.2) is 5.16 Å². The quantitative estimate of drug-likeness (QED) is 0.160. The molecule has 218 valence electrons. The molecule has 0 aliphatic carbocycles. The summed E-state index contributed by atoms with van der Waals surface area (Å²) >= 11 is 14.2. The second-order valence-corrected chi connectivity index (χ2v) is 13.9. The summed E-state index contributed by atoms with van der Waals surface area (Å²) in [5.41, 5.74) is 2.20. The van der Waals surface area contributed by atoms with Crippen LogP contribution in [0.2, 0.25) is 10.0 Å². The van der Waals surface area contributed by atoms with Crippen molar-refractivity contribution in [1.82, 2.24) is 14.5 Å². The van der Waals surface area contributed by atoms with Gasteiger partial charge in [-0.1, -0.05) is 79.1 Å². The van der Waals surface area contributed by atoms with Crippen molar-refractivity contribution < 1.29 is 4.79 Å². The number of aromatic nitrogens is 2. The number of anilines is 1. The number of carbonyl (C=O) groups is 1. The van der Waals surface area contributed by atoms with Crippen LogP contribution in [-0.4, -0.2) is 51.8 Å². The lowest BCUT2D eigenvalue weighted by Gasteiger charge is -2.28. The summed E-state index contributed by atoms with van der Waals surface area (Å²) in [6.07, 6.45) is 2.68. The minimum absolute atomic E-state index is 0.0615. The van der Waals surface area contributed by atoms with Gasteiger partial charge in [0, 0.05) is 36.6 Å². The fourth-order valence-electron chi connectivity index (χ4n) is 6.30. The van der Waals surface area contributed by atoms with Crippen LogP contribution in [0.25, 0.3) is 16.6 Å². The van der Waals surface area contributed by atoms with Crippen LogP contribution in [0, 0.1) is 11.3 Å². The van der Waals surface area contributed by atoms with Crippen molar-refractivity contribution in [2.75, 3.05) is 31.1 Å². The summed E-state index contributed by atoms with van der Waals surface area (Å²) in [5.74, 6) is 0.402. The highest BCUT2D eigenvalue weighted by molar-refractivity contribution is 8.00. The van der Waals surface area contributed by atoms with Crippen molar-refractivity contribution in [1.29, 1.82) is 0 Å². The van der Waals surface area contributed by atoms with Crippen molar-refractivity contribution in [2.24, 2.45) is 11.3 Å². The van der Waals surface area contributed by atoms with Gasteiger partial charge in [-0.05, 0) is 67.6 Å². The zero-order valence-electron chi connectivity index (χ0n) is 23.8. The lowest BCUT2D eigenvalue weighted by molar-refractivity contribution is -0.130. The Morgan fingerprint density at radius 1 is 0.976 bits per heavy atom. The maximum atomic E-state index is 14.2. The Kier molecular flexibility index (Phi) is 8.27. The fourth-order valence-corrected chi connectivity index (χ4v) is 8.17. The third-order valence-electron chi connectivity index (χ3n) is 8.40. The first-order chi connectivity index (χ1) is 20.2. The summed E-state index contributed by atoms with van der Waals surface area (Å²) in [4.78, 5) is 37.3. The number of benzene rings is 3. The topological polar surface area (TPSA) is 58.4 Å². The first-order valence-corrected chi connectivity index (χ1v) is 16.1. The van der Waals surface area contributed by atoms with E-state index < -0.39 is 0 Å². The molecule has 4 aromatic rings. The van der Waals surface area contributed by atoms with E-state index in [1.807, 2.05) is 53.4 Å². The highest BCUT2D eigenvalue weighted by Gasteiger charge is 2.46. The molecule has 2 aliphatic heterocycles. The number of rotatable bonds is 7. The molecule has 2 unspecified atom stereocenters. The van der Waals surface area contributed by atoms with Gasteiger partial charge in [-0.3, -0.25) is 14.2 Å². The Bertz CT molecular complexity index is 1690. The maximum absolute atomic E-state index is 14.2. The van der Waals surface area contributed by atoms with Crippen molar-refractivity contribution in [3.63, 3.8) is 0 Å². The standard InChI is InChI=1S/C33H34Cl2N4O2S/c1-22(2)18-29(31(41)38-17-15-33(21-38)14-16-37(20-33)28-13-6-4-11-26(28)35)42-32-36-27-12-5-3-10-25(27)30(40)39(32)24-9-7-8-23(34)19-24/h3-13,19,22,29H,14-18,20-21H2,1-2H3. The van der Waals surface area contributed by atoms with Gasteiger partial charge in [0.2, 0.25) is 5.91 Å². The van der Waals surface area contributed by atoms with E-state index in [0.29, 0.717) is 33.2 Å². The van der Waals surface area contributed by atoms with E-state index in [1.165, 1.54) is 11.8 Å². The van der Waals surface area contributed by atoms with Crippen molar-refractivity contribution >= 4 is 57.5 Å². The Balaban J connectivity index is 1.29. The Hall–Kier alpha value is -3.00. The van der Waals surface area contributed by atoms with E-state index in [0.717, 1.165) is 49.7 Å². The second kappa shape index (κ2) is 11.9. The van der Waals surface area contributed by atoms with Crippen molar-refractivity contribution in [2.45, 2.75) is 43.5 Å². The third-order valence-corrected chi connectivity index (χ3v) is 10.1. The molecule has 1 amide bonds. The van der Waals surface area contributed by atoms with Gasteiger partial charge in [-0.15, -0.1) is 0 Å². The van der Waals surface area contributed by atoms with Gasteiger partial charge in [0.1, 0.15) is 0 Å². The average molecular weight is 622 g/mol. The third kappa shape index (κ3) is 5.79. The minimum atomic E-state index is -0.375. The number of para-hydroxylation sites is 2. The van der Waals surface area contributed by atoms with Crippen LogP contribution >= 0.6 is 35.0 Å². The second-order valence-electron chi connectivity index (χ2n) is 11.9. The number of nitrogens with zero attached hydrogens (tertiary/aromatic N) is 4. The molecule has 2 saturated heterocycles. The smallest absolute Gasteiger partial charge is 0.266 e. The van der Waals surface area contributed by atoms with Gasteiger partial charge < -0.3 is 9.80 Å². The Morgan fingerprint density at radius 2 is 1.74 bits per heavy atom. The molecule has 2 atom stereocenters. The molecule has 6 rings (SSSR count). The fraction of sp³-hybridized carbons (Fsp3) is 0.364. The van der Waals surface area contributed by atoms with Gasteiger partial charge in [-0.2, -0.15) is 0 Å². The summed E-state index contributed by atoms with van der Waals surface area (Å²) < 4.78 is 1.60. The largest absolute Gasteiger partial charge is 0.370 e. The lowest BCUT2D eigenvalue weighted by atomic mass is 9.86. The van der Waals surface area contributed by atoms with Crippen molar-refractivity contribution in [3.05, 3.63) is 93.2 Å². The number of fused-ring (bicyclic) bond motifs is 1. The lowest BCUT2D eigenvalue weighted by Crippen LogP contribution is -2.39. The molecule has 0 saturated carbocycles. The normalized spacial score (nSPS) is 19.4. The zero-order valence-corrected chi connectivity index (χ0v) is 26.1. The number of hydrogen-bond donors (Lipinski definition) is 0. The van der Waals surface area contributed by atoms with Crippen LogP contribution in [0.15, 0.2) is 82.7 Å². The highest BCUT2D eigenvalue weighted by Crippen LogP contribution is 2.43.